The maximum absolute atomic E-state index is 12.7. The number of nitrogens with one attached hydrogen (secondary N) is 1. The first-order chi connectivity index (χ1) is 11.3. The van der Waals surface area contributed by atoms with Crippen LogP contribution in [0.1, 0.15) is 11.1 Å². The lowest BCUT2D eigenvalue weighted by atomic mass is 10.1. The summed E-state index contributed by atoms with van der Waals surface area (Å²) >= 11 is 5.73. The van der Waals surface area contributed by atoms with Gasteiger partial charge in [-0.15, -0.1) is 0 Å². The molecule has 0 aromatic heterocycles. The first kappa shape index (κ1) is 17.6. The molecule has 0 heterocycles. The Morgan fingerprint density at radius 3 is 2.42 bits per heavy atom. The number of alkyl halides is 3. The molecule has 1 N–H and O–H groups in total. The Balaban J connectivity index is 2.24. The zero-order chi connectivity index (χ0) is 17.7. The van der Waals surface area contributed by atoms with Crippen LogP contribution in [0.4, 0.5) is 18.9 Å². The van der Waals surface area contributed by atoms with Gasteiger partial charge in [0.25, 0.3) is 5.91 Å². The zero-order valence-electron chi connectivity index (χ0n) is 12.1. The van der Waals surface area contributed by atoms with Gasteiger partial charge in [0, 0.05) is 10.7 Å². The van der Waals surface area contributed by atoms with Crippen LogP contribution in [0.15, 0.2) is 54.1 Å². The highest BCUT2D eigenvalue weighted by molar-refractivity contribution is 6.30. The molecule has 3 nitrogen and oxygen atoms in total. The number of hydrogen-bond acceptors (Lipinski definition) is 2. The summed E-state index contributed by atoms with van der Waals surface area (Å²) in [6, 6.07) is 12.2. The van der Waals surface area contributed by atoms with Crippen LogP contribution in [0.2, 0.25) is 5.02 Å². The third-order valence-corrected chi connectivity index (χ3v) is 3.24. The molecule has 0 spiro atoms. The molecular weight excluding hydrogens is 341 g/mol. The highest BCUT2D eigenvalue weighted by Crippen LogP contribution is 2.30. The van der Waals surface area contributed by atoms with Crippen molar-refractivity contribution in [1.82, 2.24) is 0 Å². The van der Waals surface area contributed by atoms with E-state index in [-0.39, 0.29) is 11.1 Å². The number of carbonyl (C=O) groups is 1. The average molecular weight is 351 g/mol. The van der Waals surface area contributed by atoms with Gasteiger partial charge in [-0.1, -0.05) is 23.7 Å². The van der Waals surface area contributed by atoms with Crippen molar-refractivity contribution in [2.24, 2.45) is 0 Å². The molecule has 0 bridgehead atoms. The minimum Gasteiger partial charge on any atom is -0.321 e. The van der Waals surface area contributed by atoms with Crippen molar-refractivity contribution in [1.29, 1.82) is 5.26 Å². The van der Waals surface area contributed by atoms with Crippen molar-refractivity contribution in [3.05, 3.63) is 70.3 Å². The Labute approximate surface area is 141 Å². The van der Waals surface area contributed by atoms with Crippen LogP contribution in [0, 0.1) is 11.3 Å². The monoisotopic (exact) mass is 350 g/mol. The maximum atomic E-state index is 12.7. The normalized spacial score (nSPS) is 11.7. The van der Waals surface area contributed by atoms with Crippen molar-refractivity contribution in [2.45, 2.75) is 6.18 Å². The number of amides is 1. The Bertz CT molecular complexity index is 821. The molecule has 0 aliphatic rings. The molecule has 2 rings (SSSR count). The maximum Gasteiger partial charge on any atom is 0.416 e. The fraction of sp³-hybridized carbons (Fsp3) is 0.0588. The molecule has 0 unspecified atom stereocenters. The van der Waals surface area contributed by atoms with Crippen molar-refractivity contribution in [2.75, 3.05) is 5.32 Å². The highest BCUT2D eigenvalue weighted by Gasteiger charge is 2.30. The van der Waals surface area contributed by atoms with Gasteiger partial charge in [-0.3, -0.25) is 4.79 Å². The van der Waals surface area contributed by atoms with Crippen LogP contribution in [0.25, 0.3) is 6.08 Å². The number of rotatable bonds is 3. The van der Waals surface area contributed by atoms with E-state index in [1.54, 1.807) is 30.3 Å². The topological polar surface area (TPSA) is 52.9 Å². The molecule has 7 heteroatoms. The van der Waals surface area contributed by atoms with Gasteiger partial charge in [0.05, 0.1) is 5.56 Å². The molecular formula is C17H10ClF3N2O. The molecule has 0 aliphatic heterocycles. The molecule has 0 radical (unpaired) electrons. The van der Waals surface area contributed by atoms with E-state index in [0.717, 1.165) is 18.2 Å². The average Bonchev–Trinajstić information content (AvgIpc) is 2.54. The van der Waals surface area contributed by atoms with Gasteiger partial charge in [-0.25, -0.2) is 0 Å². The van der Waals surface area contributed by atoms with E-state index in [4.69, 9.17) is 16.9 Å². The first-order valence-electron chi connectivity index (χ1n) is 6.65. The quantitative estimate of drug-likeness (QED) is 0.632. The van der Waals surface area contributed by atoms with E-state index in [0.29, 0.717) is 10.7 Å². The fourth-order valence-corrected chi connectivity index (χ4v) is 1.98. The molecule has 0 saturated heterocycles. The van der Waals surface area contributed by atoms with Crippen molar-refractivity contribution in [3.63, 3.8) is 0 Å². The van der Waals surface area contributed by atoms with E-state index >= 15 is 0 Å². The van der Waals surface area contributed by atoms with E-state index < -0.39 is 17.6 Å². The van der Waals surface area contributed by atoms with Gasteiger partial charge in [0.2, 0.25) is 0 Å². The fourth-order valence-electron chi connectivity index (χ4n) is 1.85. The van der Waals surface area contributed by atoms with Gasteiger partial charge in [0.1, 0.15) is 11.6 Å². The molecule has 2 aromatic rings. The second kappa shape index (κ2) is 7.20. The smallest absolute Gasteiger partial charge is 0.321 e. The Morgan fingerprint density at radius 2 is 1.83 bits per heavy atom. The van der Waals surface area contributed by atoms with Crippen LogP contribution in [0.5, 0.6) is 0 Å². The van der Waals surface area contributed by atoms with Crippen LogP contribution in [0.3, 0.4) is 0 Å². The summed E-state index contributed by atoms with van der Waals surface area (Å²) in [4.78, 5) is 12.1. The zero-order valence-corrected chi connectivity index (χ0v) is 12.8. The Kier molecular flexibility index (Phi) is 5.27. The Hall–Kier alpha value is -2.78. The van der Waals surface area contributed by atoms with Crippen LogP contribution in [-0.2, 0) is 11.0 Å². The summed E-state index contributed by atoms with van der Waals surface area (Å²) in [7, 11) is 0. The van der Waals surface area contributed by atoms with Crippen LogP contribution in [-0.4, -0.2) is 5.91 Å². The van der Waals surface area contributed by atoms with Gasteiger partial charge in [-0.05, 0) is 48.0 Å². The summed E-state index contributed by atoms with van der Waals surface area (Å²) in [5.74, 6) is -0.725. The van der Waals surface area contributed by atoms with E-state index in [1.807, 2.05) is 0 Å². The molecule has 122 valence electrons. The number of carbonyl (C=O) groups excluding carboxylic acids is 1. The third kappa shape index (κ3) is 4.61. The molecule has 1 amide bonds. The largest absolute Gasteiger partial charge is 0.416 e. The Morgan fingerprint density at radius 1 is 1.17 bits per heavy atom. The highest BCUT2D eigenvalue weighted by atomic mass is 35.5. The summed E-state index contributed by atoms with van der Waals surface area (Å²) < 4.78 is 38.1. The van der Waals surface area contributed by atoms with Gasteiger partial charge in [-0.2, -0.15) is 18.4 Å². The standard InChI is InChI=1S/C17H10ClF3N2O/c18-14-4-6-15(7-5-14)23-16(24)12(10-22)8-11-2-1-3-13(9-11)17(19,20)21/h1-9H,(H,23,24)/b12-8-. The lowest BCUT2D eigenvalue weighted by molar-refractivity contribution is -0.137. The van der Waals surface area contributed by atoms with E-state index in [1.165, 1.54) is 12.1 Å². The number of nitrogens with zero attached hydrogens (tertiary/aromatic N) is 1. The molecule has 0 atom stereocenters. The lowest BCUT2D eigenvalue weighted by Gasteiger charge is -2.07. The van der Waals surface area contributed by atoms with Gasteiger partial charge >= 0.3 is 6.18 Å². The van der Waals surface area contributed by atoms with E-state index in [9.17, 15) is 18.0 Å². The number of halogens is 4. The predicted molar refractivity (Wildman–Crippen MR) is 85.1 cm³/mol. The summed E-state index contributed by atoms with van der Waals surface area (Å²) in [6.07, 6.45) is -3.40. The summed E-state index contributed by atoms with van der Waals surface area (Å²) in [5.41, 5.74) is -0.654. The molecule has 0 fully saturated rings. The van der Waals surface area contributed by atoms with Crippen molar-refractivity contribution in [3.8, 4) is 6.07 Å². The van der Waals surface area contributed by atoms with E-state index in [2.05, 4.69) is 5.32 Å². The van der Waals surface area contributed by atoms with Crippen LogP contribution < -0.4 is 5.32 Å². The predicted octanol–water partition coefficient (Wildman–Crippen LogP) is 4.90. The second-order valence-corrected chi connectivity index (χ2v) is 5.19. The first-order valence-corrected chi connectivity index (χ1v) is 7.03. The lowest BCUT2D eigenvalue weighted by Crippen LogP contribution is -2.13. The number of anilines is 1. The molecule has 24 heavy (non-hydrogen) atoms. The van der Waals surface area contributed by atoms with Crippen molar-refractivity contribution >= 4 is 29.3 Å². The molecule has 0 saturated carbocycles. The minimum absolute atomic E-state index is 0.104. The molecule has 2 aromatic carbocycles. The van der Waals surface area contributed by atoms with Gasteiger partial charge in [0.15, 0.2) is 0 Å². The van der Waals surface area contributed by atoms with Gasteiger partial charge < -0.3 is 5.32 Å². The van der Waals surface area contributed by atoms with Crippen molar-refractivity contribution < 1.29 is 18.0 Å². The minimum atomic E-state index is -4.50. The molecule has 0 aliphatic carbocycles. The number of nitriles is 1. The summed E-state index contributed by atoms with van der Waals surface area (Å²) in [6.45, 7) is 0. The van der Waals surface area contributed by atoms with Crippen LogP contribution >= 0.6 is 11.6 Å². The number of hydrogen-bond donors (Lipinski definition) is 1. The SMILES string of the molecule is N#C/C(=C/c1cccc(C(F)(F)F)c1)C(=O)Nc1ccc(Cl)cc1. The second-order valence-electron chi connectivity index (χ2n) is 4.75. The third-order valence-electron chi connectivity index (χ3n) is 2.99. The summed E-state index contributed by atoms with van der Waals surface area (Å²) in [5, 5.41) is 12.0. The number of benzene rings is 2.